The highest BCUT2D eigenvalue weighted by atomic mass is 32.1. The number of piperazine rings is 1. The zero-order chi connectivity index (χ0) is 25.4. The first-order chi connectivity index (χ1) is 17.2. The van der Waals surface area contributed by atoms with Crippen molar-refractivity contribution in [1.29, 1.82) is 0 Å². The molecule has 188 valence electrons. The summed E-state index contributed by atoms with van der Waals surface area (Å²) in [4.78, 5) is 34.7. The number of aryl methyl sites for hydroxylation is 1. The van der Waals surface area contributed by atoms with Gasteiger partial charge in [-0.2, -0.15) is 11.3 Å². The van der Waals surface area contributed by atoms with Crippen molar-refractivity contribution >= 4 is 34.1 Å². The number of hydrogen-bond donors (Lipinski definition) is 0. The average Bonchev–Trinajstić information content (AvgIpc) is 3.46. The van der Waals surface area contributed by atoms with Gasteiger partial charge in [0, 0.05) is 51.0 Å². The minimum atomic E-state index is -0.0373. The summed E-state index contributed by atoms with van der Waals surface area (Å²) in [6, 6.07) is 14.4. The molecule has 0 aliphatic carbocycles. The van der Waals surface area contributed by atoms with E-state index >= 15 is 0 Å². The predicted molar refractivity (Wildman–Crippen MR) is 147 cm³/mol. The summed E-state index contributed by atoms with van der Waals surface area (Å²) >= 11 is 1.63. The number of pyridine rings is 1. The van der Waals surface area contributed by atoms with Gasteiger partial charge in [-0.05, 0) is 52.1 Å². The van der Waals surface area contributed by atoms with Gasteiger partial charge in [0.1, 0.15) is 0 Å². The molecule has 0 N–H and O–H groups in total. The monoisotopic (exact) mass is 503 g/mol. The second-order valence-electron chi connectivity index (χ2n) is 10.8. The molecule has 0 bridgehead atoms. The van der Waals surface area contributed by atoms with Gasteiger partial charge in [0.15, 0.2) is 5.65 Å². The van der Waals surface area contributed by atoms with Crippen LogP contribution >= 0.6 is 11.3 Å². The van der Waals surface area contributed by atoms with E-state index < -0.39 is 0 Å². The Morgan fingerprint density at radius 2 is 1.83 bits per heavy atom. The summed E-state index contributed by atoms with van der Waals surface area (Å²) in [6.45, 7) is 10.1. The van der Waals surface area contributed by atoms with Gasteiger partial charge in [0.05, 0.1) is 17.6 Å². The average molecular weight is 504 g/mol. The van der Waals surface area contributed by atoms with Gasteiger partial charge >= 0.3 is 5.69 Å². The highest BCUT2D eigenvalue weighted by Crippen LogP contribution is 2.27. The molecule has 5 rings (SSSR count). The van der Waals surface area contributed by atoms with Crippen molar-refractivity contribution < 1.29 is 4.79 Å². The van der Waals surface area contributed by atoms with E-state index in [1.165, 1.54) is 0 Å². The fourth-order valence-corrected chi connectivity index (χ4v) is 5.49. The minimum Gasteiger partial charge on any atom is -0.368 e. The van der Waals surface area contributed by atoms with Crippen molar-refractivity contribution in [3.05, 3.63) is 69.3 Å². The molecule has 0 saturated carbocycles. The van der Waals surface area contributed by atoms with E-state index in [-0.39, 0.29) is 17.0 Å². The van der Waals surface area contributed by atoms with Gasteiger partial charge < -0.3 is 9.80 Å². The van der Waals surface area contributed by atoms with Crippen molar-refractivity contribution in [3.8, 4) is 11.3 Å². The Kier molecular flexibility index (Phi) is 6.47. The van der Waals surface area contributed by atoms with E-state index in [9.17, 15) is 9.59 Å². The number of rotatable bonds is 5. The third-order valence-electron chi connectivity index (χ3n) is 6.69. The normalized spacial score (nSPS) is 14.6. The highest BCUT2D eigenvalue weighted by Gasteiger charge is 2.22. The zero-order valence-corrected chi connectivity index (χ0v) is 22.2. The molecule has 1 fully saturated rings. The molecule has 0 spiro atoms. The minimum absolute atomic E-state index is 0.0103. The van der Waals surface area contributed by atoms with Crippen LogP contribution in [0.1, 0.15) is 26.3 Å². The van der Waals surface area contributed by atoms with Gasteiger partial charge in [-0.3, -0.25) is 13.9 Å². The second-order valence-corrected chi connectivity index (χ2v) is 11.5. The molecule has 7 nitrogen and oxygen atoms in total. The third-order valence-corrected chi connectivity index (χ3v) is 7.42. The fraction of sp³-hybridized carbons (Fsp3) is 0.393. The Labute approximate surface area is 215 Å². The number of amides is 1. The number of thiophene rings is 1. The molecule has 1 aromatic carbocycles. The van der Waals surface area contributed by atoms with Crippen LogP contribution in [0.15, 0.2) is 58.0 Å². The van der Waals surface area contributed by atoms with Gasteiger partial charge in [-0.25, -0.2) is 9.78 Å². The highest BCUT2D eigenvalue weighted by molar-refractivity contribution is 7.08. The summed E-state index contributed by atoms with van der Waals surface area (Å²) in [5, 5.41) is 4.06. The lowest BCUT2D eigenvalue weighted by Gasteiger charge is -2.36. The Hall–Kier alpha value is -3.39. The second kappa shape index (κ2) is 9.58. The Morgan fingerprint density at radius 3 is 2.53 bits per heavy atom. The molecule has 0 radical (unpaired) electrons. The molecule has 4 heterocycles. The molecular formula is C28H33N5O2S. The lowest BCUT2D eigenvalue weighted by Crippen LogP contribution is -2.49. The molecule has 1 aliphatic rings. The van der Waals surface area contributed by atoms with Crippen LogP contribution in [0.3, 0.4) is 0 Å². The molecule has 1 aliphatic heterocycles. The Morgan fingerprint density at radius 1 is 1.06 bits per heavy atom. The number of carbonyl (C=O) groups excluding carboxylic acids is 1. The van der Waals surface area contributed by atoms with Crippen LogP contribution in [0.4, 0.5) is 5.69 Å². The van der Waals surface area contributed by atoms with Crippen LogP contribution in [-0.4, -0.2) is 51.1 Å². The summed E-state index contributed by atoms with van der Waals surface area (Å²) in [6.07, 6.45) is 0.479. The lowest BCUT2D eigenvalue weighted by molar-refractivity contribution is -0.130. The Bertz CT molecular complexity index is 1440. The van der Waals surface area contributed by atoms with E-state index in [0.717, 1.165) is 54.2 Å². The first-order valence-corrected chi connectivity index (χ1v) is 13.3. The molecule has 3 aromatic heterocycles. The van der Waals surface area contributed by atoms with Gasteiger partial charge in [0.25, 0.3) is 0 Å². The predicted octanol–water partition coefficient (Wildman–Crippen LogP) is 4.40. The number of anilines is 1. The first kappa shape index (κ1) is 24.3. The van der Waals surface area contributed by atoms with Crippen molar-refractivity contribution in [2.24, 2.45) is 12.5 Å². The van der Waals surface area contributed by atoms with Crippen LogP contribution in [0, 0.1) is 5.41 Å². The van der Waals surface area contributed by atoms with Crippen LogP contribution in [0.2, 0.25) is 0 Å². The van der Waals surface area contributed by atoms with Crippen molar-refractivity contribution in [2.75, 3.05) is 31.1 Å². The maximum Gasteiger partial charge on any atom is 0.330 e. The van der Waals surface area contributed by atoms with Gasteiger partial charge in [-0.1, -0.05) is 32.9 Å². The van der Waals surface area contributed by atoms with E-state index in [1.54, 1.807) is 23.0 Å². The van der Waals surface area contributed by atoms with Crippen LogP contribution in [0.5, 0.6) is 0 Å². The van der Waals surface area contributed by atoms with E-state index in [0.29, 0.717) is 18.6 Å². The van der Waals surface area contributed by atoms with Crippen LogP contribution in [-0.2, 0) is 24.8 Å². The summed E-state index contributed by atoms with van der Waals surface area (Å²) in [5.41, 5.74) is 5.59. The number of fused-ring (bicyclic) bond motifs is 1. The smallest absolute Gasteiger partial charge is 0.330 e. The number of hydrogen-bond acceptors (Lipinski definition) is 5. The van der Waals surface area contributed by atoms with E-state index in [2.05, 4.69) is 49.9 Å². The number of aromatic nitrogens is 3. The van der Waals surface area contributed by atoms with E-state index in [1.807, 2.05) is 38.4 Å². The van der Waals surface area contributed by atoms with Gasteiger partial charge in [-0.15, -0.1) is 0 Å². The molecule has 0 atom stereocenters. The Balaban J connectivity index is 1.33. The summed E-state index contributed by atoms with van der Waals surface area (Å²) in [5.74, 6) is 0.198. The molecule has 1 amide bonds. The van der Waals surface area contributed by atoms with Gasteiger partial charge in [0.2, 0.25) is 5.91 Å². The number of benzene rings is 1. The molecule has 4 aromatic rings. The fourth-order valence-electron chi connectivity index (χ4n) is 4.82. The third kappa shape index (κ3) is 4.95. The summed E-state index contributed by atoms with van der Waals surface area (Å²) < 4.78 is 3.46. The molecule has 8 heteroatoms. The number of imidazole rings is 1. The lowest BCUT2D eigenvalue weighted by atomic mass is 9.97. The number of carbonyl (C=O) groups is 1. The van der Waals surface area contributed by atoms with Crippen molar-refractivity contribution in [3.63, 3.8) is 0 Å². The first-order valence-electron chi connectivity index (χ1n) is 12.4. The maximum absolute atomic E-state index is 12.9. The SMILES string of the molecule is Cn1c(=O)n(CC(C)(C)C)c2ccc(-c3cccc(N4CCN(C(=O)Cc5ccsc5)CC4)c3)nc21. The standard InChI is InChI=1S/C28H33N5O2S/c1-28(2,3)19-33-24-9-8-23(29-26(24)30(4)27(33)35)21-6-5-7-22(17-21)31-11-13-32(14-12-31)25(34)16-20-10-15-36-18-20/h5-10,15,17-18H,11-14,16,19H2,1-4H3. The van der Waals surface area contributed by atoms with Crippen molar-refractivity contribution in [1.82, 2.24) is 19.0 Å². The van der Waals surface area contributed by atoms with Crippen molar-refractivity contribution in [2.45, 2.75) is 33.7 Å². The van der Waals surface area contributed by atoms with E-state index in [4.69, 9.17) is 4.98 Å². The molecule has 0 unspecified atom stereocenters. The molecular weight excluding hydrogens is 470 g/mol. The topological polar surface area (TPSA) is 63.4 Å². The van der Waals surface area contributed by atoms with Crippen LogP contribution < -0.4 is 10.6 Å². The zero-order valence-electron chi connectivity index (χ0n) is 21.4. The maximum atomic E-state index is 12.9. The number of nitrogens with zero attached hydrogens (tertiary/aromatic N) is 5. The largest absolute Gasteiger partial charge is 0.368 e. The van der Waals surface area contributed by atoms with Crippen LogP contribution in [0.25, 0.3) is 22.4 Å². The summed E-state index contributed by atoms with van der Waals surface area (Å²) in [7, 11) is 1.79. The molecule has 1 saturated heterocycles. The quantitative estimate of drug-likeness (QED) is 0.405. The molecule has 36 heavy (non-hydrogen) atoms.